The van der Waals surface area contributed by atoms with Crippen LogP contribution in [0.3, 0.4) is 0 Å². The van der Waals surface area contributed by atoms with Crippen molar-refractivity contribution in [2.24, 2.45) is 5.73 Å². The fourth-order valence-electron chi connectivity index (χ4n) is 4.41. The van der Waals surface area contributed by atoms with Gasteiger partial charge in [-0.2, -0.15) is 0 Å². The van der Waals surface area contributed by atoms with E-state index in [0.29, 0.717) is 40.5 Å². The molecule has 3 aromatic rings. The molecular formula is C26H22N4O6. The number of nitrogens with two attached hydrogens (primary N) is 1. The molecule has 182 valence electrons. The highest BCUT2D eigenvalue weighted by Gasteiger charge is 2.50. The fourth-order valence-corrected chi connectivity index (χ4v) is 4.41. The number of amides is 5. The average Bonchev–Trinajstić information content (AvgIpc) is 3.34. The van der Waals surface area contributed by atoms with E-state index in [9.17, 15) is 19.2 Å². The van der Waals surface area contributed by atoms with Gasteiger partial charge in [-0.3, -0.25) is 19.7 Å². The molecule has 0 saturated carbocycles. The molecule has 1 fully saturated rings. The molecule has 0 bridgehead atoms. The molecule has 1 atom stereocenters. The van der Waals surface area contributed by atoms with Crippen molar-refractivity contribution in [3.63, 3.8) is 0 Å². The van der Waals surface area contributed by atoms with Crippen LogP contribution < -0.4 is 25.8 Å². The third-order valence-electron chi connectivity index (χ3n) is 6.29. The number of carbonyl (C=O) groups is 4. The molecule has 10 nitrogen and oxygen atoms in total. The third kappa shape index (κ3) is 3.98. The number of methoxy groups -OCH3 is 1. The average molecular weight is 486 g/mol. The Bertz CT molecular complexity index is 1390. The fraction of sp³-hybridized carbons (Fsp3) is 0.154. The molecule has 2 heterocycles. The van der Waals surface area contributed by atoms with Crippen LogP contribution >= 0.6 is 0 Å². The van der Waals surface area contributed by atoms with Crippen LogP contribution in [0, 0.1) is 0 Å². The lowest BCUT2D eigenvalue weighted by molar-refractivity contribution is -0.124. The maximum Gasteiger partial charge on any atom is 0.322 e. The molecule has 5 rings (SSSR count). The van der Waals surface area contributed by atoms with Crippen molar-refractivity contribution in [1.29, 1.82) is 0 Å². The van der Waals surface area contributed by atoms with Crippen LogP contribution in [0.4, 0.5) is 4.79 Å². The zero-order valence-corrected chi connectivity index (χ0v) is 19.2. The summed E-state index contributed by atoms with van der Waals surface area (Å²) in [7, 11) is 1.52. The van der Waals surface area contributed by atoms with Crippen LogP contribution in [0.5, 0.6) is 17.2 Å². The Morgan fingerprint density at radius 3 is 2.19 bits per heavy atom. The maximum absolute atomic E-state index is 13.1. The summed E-state index contributed by atoms with van der Waals surface area (Å²) in [6, 6.07) is 17.6. The number of fused-ring (bicyclic) bond motifs is 1. The van der Waals surface area contributed by atoms with E-state index in [2.05, 4.69) is 10.6 Å². The van der Waals surface area contributed by atoms with E-state index >= 15 is 0 Å². The van der Waals surface area contributed by atoms with E-state index in [1.807, 2.05) is 6.07 Å². The van der Waals surface area contributed by atoms with Crippen LogP contribution in [0.2, 0.25) is 0 Å². The zero-order valence-electron chi connectivity index (χ0n) is 19.2. The summed E-state index contributed by atoms with van der Waals surface area (Å²) in [5.41, 5.74) is 5.95. The van der Waals surface area contributed by atoms with E-state index in [0.717, 1.165) is 5.56 Å². The summed E-state index contributed by atoms with van der Waals surface area (Å²) >= 11 is 0. The van der Waals surface area contributed by atoms with E-state index < -0.39 is 23.4 Å². The number of hydrogen-bond acceptors (Lipinski definition) is 6. The second-order valence-electron chi connectivity index (χ2n) is 8.51. The number of urea groups is 1. The first kappa shape index (κ1) is 22.9. The van der Waals surface area contributed by atoms with Gasteiger partial charge < -0.3 is 25.4 Å². The van der Waals surface area contributed by atoms with Crippen LogP contribution in [0.25, 0.3) is 0 Å². The quantitative estimate of drug-likeness (QED) is 0.438. The lowest BCUT2D eigenvalue weighted by Crippen LogP contribution is -2.52. The van der Waals surface area contributed by atoms with Crippen molar-refractivity contribution in [2.45, 2.75) is 12.1 Å². The van der Waals surface area contributed by atoms with Crippen molar-refractivity contribution >= 4 is 23.8 Å². The van der Waals surface area contributed by atoms with Crippen molar-refractivity contribution in [3.8, 4) is 17.2 Å². The smallest absolute Gasteiger partial charge is 0.322 e. The molecule has 36 heavy (non-hydrogen) atoms. The normalized spacial score (nSPS) is 18.5. The Hall–Kier alpha value is -4.86. The van der Waals surface area contributed by atoms with Crippen molar-refractivity contribution in [1.82, 2.24) is 15.5 Å². The van der Waals surface area contributed by atoms with Crippen LogP contribution in [-0.4, -0.2) is 42.3 Å². The Labute approximate surface area is 206 Å². The molecule has 10 heteroatoms. The number of primary amides is 1. The SMILES string of the molecule is COc1ccc2c(c1)C(=O)N(C[C@@]1(c3ccc(Oc4ccc(C(N)=O)cc4)cc3)NC(=O)NC1=O)C2. The van der Waals surface area contributed by atoms with Crippen molar-refractivity contribution in [3.05, 3.63) is 89.0 Å². The standard InChI is InChI=1S/C26H22N4O6/c1-35-20-9-4-16-13-30(23(32)21(16)12-20)14-26(24(33)28-25(34)29-26)17-5-10-19(11-6-17)36-18-7-2-15(3-8-18)22(27)31/h2-12H,13-14H2,1H3,(H2,27,31)(H2,28,29,33,34)/t26-/m0/s1. The first-order valence-electron chi connectivity index (χ1n) is 11.1. The molecular weight excluding hydrogens is 464 g/mol. The van der Waals surface area contributed by atoms with Gasteiger partial charge in [0, 0.05) is 17.7 Å². The number of carbonyl (C=O) groups excluding carboxylic acids is 4. The Morgan fingerprint density at radius 2 is 1.61 bits per heavy atom. The summed E-state index contributed by atoms with van der Waals surface area (Å²) in [6.07, 6.45) is 0. The molecule has 2 aliphatic heterocycles. The summed E-state index contributed by atoms with van der Waals surface area (Å²) in [4.78, 5) is 51.1. The Morgan fingerprint density at radius 1 is 0.972 bits per heavy atom. The number of nitrogens with zero attached hydrogens (tertiary/aromatic N) is 1. The second kappa shape index (κ2) is 8.73. The highest BCUT2D eigenvalue weighted by atomic mass is 16.5. The van der Waals surface area contributed by atoms with Gasteiger partial charge in [-0.05, 0) is 59.7 Å². The lowest BCUT2D eigenvalue weighted by Gasteiger charge is -2.31. The van der Waals surface area contributed by atoms with E-state index in [4.69, 9.17) is 15.2 Å². The number of nitrogens with one attached hydrogen (secondary N) is 2. The number of rotatable bonds is 7. The number of benzene rings is 3. The molecule has 1 saturated heterocycles. The van der Waals surface area contributed by atoms with Gasteiger partial charge in [-0.1, -0.05) is 18.2 Å². The lowest BCUT2D eigenvalue weighted by atomic mass is 9.89. The number of imide groups is 1. The molecule has 0 aliphatic carbocycles. The monoisotopic (exact) mass is 486 g/mol. The third-order valence-corrected chi connectivity index (χ3v) is 6.29. The van der Waals surface area contributed by atoms with Crippen molar-refractivity contribution < 1.29 is 28.7 Å². The molecule has 3 aromatic carbocycles. The summed E-state index contributed by atoms with van der Waals surface area (Å²) in [5.74, 6) is 0.186. The first-order chi connectivity index (χ1) is 17.3. The molecule has 0 spiro atoms. The summed E-state index contributed by atoms with van der Waals surface area (Å²) in [6.45, 7) is 0.237. The largest absolute Gasteiger partial charge is 0.497 e. The number of hydrogen-bond donors (Lipinski definition) is 3. The second-order valence-corrected chi connectivity index (χ2v) is 8.51. The molecule has 0 radical (unpaired) electrons. The molecule has 2 aliphatic rings. The van der Waals surface area contributed by atoms with Crippen molar-refractivity contribution in [2.75, 3.05) is 13.7 Å². The minimum Gasteiger partial charge on any atom is -0.497 e. The zero-order chi connectivity index (χ0) is 25.4. The van der Waals surface area contributed by atoms with Gasteiger partial charge in [-0.25, -0.2) is 4.79 Å². The minimum atomic E-state index is -1.47. The number of ether oxygens (including phenoxy) is 2. The Kier molecular flexibility index (Phi) is 5.56. The first-order valence-corrected chi connectivity index (χ1v) is 11.1. The molecule has 4 N–H and O–H groups in total. The molecule has 5 amide bonds. The van der Waals surface area contributed by atoms with Gasteiger partial charge >= 0.3 is 6.03 Å². The topological polar surface area (TPSA) is 140 Å². The highest BCUT2D eigenvalue weighted by Crippen LogP contribution is 2.33. The minimum absolute atomic E-state index is 0.0603. The highest BCUT2D eigenvalue weighted by molar-refractivity contribution is 6.08. The van der Waals surface area contributed by atoms with E-state index in [1.54, 1.807) is 60.7 Å². The van der Waals surface area contributed by atoms with E-state index in [-0.39, 0.29) is 12.5 Å². The summed E-state index contributed by atoms with van der Waals surface area (Å²) in [5, 5.41) is 5.00. The van der Waals surface area contributed by atoms with Gasteiger partial charge in [-0.15, -0.1) is 0 Å². The van der Waals surface area contributed by atoms with Crippen LogP contribution in [0.1, 0.15) is 31.8 Å². The van der Waals surface area contributed by atoms with Gasteiger partial charge in [0.2, 0.25) is 5.91 Å². The molecule has 0 aromatic heterocycles. The molecule has 0 unspecified atom stereocenters. The maximum atomic E-state index is 13.1. The predicted molar refractivity (Wildman–Crippen MR) is 128 cm³/mol. The predicted octanol–water partition coefficient (Wildman–Crippen LogP) is 2.28. The van der Waals surface area contributed by atoms with Crippen LogP contribution in [-0.2, 0) is 16.9 Å². The van der Waals surface area contributed by atoms with Gasteiger partial charge in [0.1, 0.15) is 17.2 Å². The van der Waals surface area contributed by atoms with Gasteiger partial charge in [0.15, 0.2) is 5.54 Å². The summed E-state index contributed by atoms with van der Waals surface area (Å²) < 4.78 is 11.0. The van der Waals surface area contributed by atoms with Crippen LogP contribution in [0.15, 0.2) is 66.7 Å². The van der Waals surface area contributed by atoms with E-state index in [1.165, 1.54) is 12.0 Å². The van der Waals surface area contributed by atoms with Gasteiger partial charge in [0.25, 0.3) is 11.8 Å². The Balaban J connectivity index is 1.39. The van der Waals surface area contributed by atoms with Gasteiger partial charge in [0.05, 0.1) is 13.7 Å².